The van der Waals surface area contributed by atoms with Gasteiger partial charge in [0.1, 0.15) is 26.1 Å². The van der Waals surface area contributed by atoms with Crippen molar-refractivity contribution in [2.75, 3.05) is 39.6 Å². The third-order valence-electron chi connectivity index (χ3n) is 11.5. The Kier molecular flexibility index (Phi) is 81.8. The summed E-state index contributed by atoms with van der Waals surface area (Å²) in [6.45, 7) is 1.49. The number of hydrogen-bond donors (Lipinski definition) is 2. The number of alkyl carbamates (subject to hydrolysis) is 1. The minimum absolute atomic E-state index is 0.0933. The fourth-order valence-corrected chi connectivity index (χ4v) is 7.96. The number of esters is 2. The molecule has 0 saturated carbocycles. The van der Waals surface area contributed by atoms with Crippen molar-refractivity contribution >= 4 is 25.9 Å². The van der Waals surface area contributed by atoms with Crippen LogP contribution in [0.3, 0.4) is 0 Å². The summed E-state index contributed by atoms with van der Waals surface area (Å²) in [7, 11) is -5.02. The van der Waals surface area contributed by atoms with Crippen LogP contribution in [0, 0.1) is 0 Å². The molecule has 103 heavy (non-hydrogen) atoms. The SMILES string of the molecule is CCCCCCCCCCCCCCCCCC(=O)OC[C@H](COP(=O)([O-])OCCNC(=O)OCCOOOOOOOOOOOOOOOOOOOOOOOOOOOOOOOOOOOOOOOOOOOO/C=C\N)OC(=O)CCCCCCCCCCCCCCCCC. The van der Waals surface area contributed by atoms with E-state index in [1.54, 1.807) is 0 Å². The van der Waals surface area contributed by atoms with Gasteiger partial charge in [0.25, 0.3) is 7.82 Å². The van der Waals surface area contributed by atoms with Crippen molar-refractivity contribution in [2.24, 2.45) is 5.73 Å². The molecule has 56 nitrogen and oxygen atoms in total. The van der Waals surface area contributed by atoms with Gasteiger partial charge in [-0.25, -0.2) is 9.68 Å². The van der Waals surface area contributed by atoms with Gasteiger partial charge in [-0.05, 0) is 53.1 Å². The van der Waals surface area contributed by atoms with Gasteiger partial charge >= 0.3 is 18.0 Å². The molecule has 1 amide bonds. The average Bonchev–Trinajstić information content (AvgIpc) is 0.953. The first kappa shape index (κ1) is 98.9. The number of nitrogens with two attached hydrogens (primary N) is 1. The number of unbranched alkanes of at least 4 members (excludes halogenated alkanes) is 28. The Hall–Kier alpha value is -4.06. The molecule has 0 radical (unpaired) electrons. The molecule has 0 fully saturated rings. The number of nitrogens with one attached hydrogen (secondary N) is 1. The predicted molar refractivity (Wildman–Crippen MR) is 285 cm³/mol. The van der Waals surface area contributed by atoms with E-state index in [2.05, 4.69) is 241 Å². The number of carbonyl (C=O) groups is 3. The third-order valence-corrected chi connectivity index (χ3v) is 12.5. The van der Waals surface area contributed by atoms with Crippen molar-refractivity contribution in [1.82, 2.24) is 5.32 Å². The van der Waals surface area contributed by atoms with E-state index < -0.39 is 65.0 Å². The van der Waals surface area contributed by atoms with E-state index in [0.29, 0.717) is 12.8 Å². The van der Waals surface area contributed by atoms with Crippen LogP contribution >= 0.6 is 7.82 Å². The summed E-state index contributed by atoms with van der Waals surface area (Å²) in [6, 6.07) is 0. The smallest absolute Gasteiger partial charge is 0.407 e. The quantitative estimate of drug-likeness (QED) is 0.0109. The molecule has 0 heterocycles. The van der Waals surface area contributed by atoms with Gasteiger partial charge < -0.3 is 44.1 Å². The lowest BCUT2D eigenvalue weighted by Gasteiger charge is -2.25. The van der Waals surface area contributed by atoms with E-state index in [-0.39, 0.29) is 19.4 Å². The maximum Gasteiger partial charge on any atom is 0.407 e. The van der Waals surface area contributed by atoms with Gasteiger partial charge in [-0.1, -0.05) is 194 Å². The topological polar surface area (TPSA) is 582 Å². The second kappa shape index (κ2) is 85.2. The minimum Gasteiger partial charge on any atom is -0.756 e. The van der Waals surface area contributed by atoms with Gasteiger partial charge in [-0.2, -0.15) is 0 Å². The maximum absolute atomic E-state index is 12.8. The minimum atomic E-state index is -5.02. The monoisotopic (exact) mass is 1560 g/mol. The molecule has 612 valence electrons. The lowest BCUT2D eigenvalue weighted by molar-refractivity contribution is -0.909. The molecule has 57 heteroatoms. The Morgan fingerprint density at radius 2 is 0.621 bits per heavy atom. The van der Waals surface area contributed by atoms with Crippen LogP contribution in [0.5, 0.6) is 0 Å². The Morgan fingerprint density at radius 3 is 0.932 bits per heavy atom. The first-order valence-corrected chi connectivity index (χ1v) is 32.7. The summed E-state index contributed by atoms with van der Waals surface area (Å²) >= 11 is 0. The largest absolute Gasteiger partial charge is 0.756 e. The van der Waals surface area contributed by atoms with Crippen LogP contribution < -0.4 is 15.9 Å². The summed E-state index contributed by atoms with van der Waals surface area (Å²) in [4.78, 5) is 58.5. The van der Waals surface area contributed by atoms with E-state index in [1.165, 1.54) is 128 Å². The molecule has 0 bridgehead atoms. The van der Waals surface area contributed by atoms with E-state index in [0.717, 1.165) is 63.8 Å². The van der Waals surface area contributed by atoms with Gasteiger partial charge in [0.05, 0.1) is 13.2 Å². The van der Waals surface area contributed by atoms with Crippen LogP contribution in [0.1, 0.15) is 219 Å². The molecule has 0 saturated heterocycles. The highest BCUT2D eigenvalue weighted by Gasteiger charge is 2.22. The van der Waals surface area contributed by atoms with Crippen LogP contribution in [0.2, 0.25) is 0 Å². The summed E-state index contributed by atoms with van der Waals surface area (Å²) in [5, 5.41) is 153. The molecular weight excluding hydrogens is 1480 g/mol. The molecule has 0 aromatic heterocycles. The molecule has 0 spiro atoms. The Balaban J connectivity index is 3.90. The van der Waals surface area contributed by atoms with Gasteiger partial charge in [-0.15, -0.1) is 0 Å². The second-order valence-electron chi connectivity index (χ2n) is 18.9. The predicted octanol–water partition coefficient (Wildman–Crippen LogP) is 8.70. The normalized spacial score (nSPS) is 12.5. The first-order valence-electron chi connectivity index (χ1n) is 31.2. The number of carbonyl (C=O) groups excluding carboxylic acids is 3. The highest BCUT2D eigenvalue weighted by atomic mass is 31.2. The van der Waals surface area contributed by atoms with E-state index in [9.17, 15) is 23.8 Å². The summed E-state index contributed by atoms with van der Waals surface area (Å²) in [6.07, 6.45) is 34.9. The number of hydrogen-bond acceptors (Lipinski definition) is 55. The molecular formula is C46H88N2O54P-. The fraction of sp³-hybridized carbons (Fsp3) is 0.891. The molecule has 0 aromatic carbocycles. The fourth-order valence-electron chi connectivity index (χ4n) is 7.22. The zero-order chi connectivity index (χ0) is 74.4. The van der Waals surface area contributed by atoms with Crippen LogP contribution in [0.15, 0.2) is 12.5 Å². The van der Waals surface area contributed by atoms with E-state index in [4.69, 9.17) is 29.0 Å². The van der Waals surface area contributed by atoms with E-state index in [1.807, 2.05) is 0 Å². The number of rotatable bonds is 89. The van der Waals surface area contributed by atoms with Gasteiger partial charge in [0, 0.05) is 197 Å². The standard InChI is InChI=1S/C46H89N2O54P/c1-3-5-7-9-11-13-15-17-19-21-23-25-27-29-31-33-44(49)55-41-43(60-45(50)34-32-30-28-26-24-22-20-18-16-14-12-10-8-6-4-2)42-59-103(52,53)58-38-36-48-46(51)54-39-40-57-62-64-66-68-70-72-74-76-78-80-82-84-86-88-90-92-94-96-98-100-102-101-99-97-95-93-91-89-87-85-83-81-79-77-75-73-71-69-67-65-63-61-56-37-35-47/h35,37,43H,3-34,36,38-42,47H2,1-2H3,(H,48,51)(H,52,53)/p-1/b37-35-/t43-/m1/s1. The number of amides is 1. The maximum atomic E-state index is 12.8. The zero-order valence-corrected chi connectivity index (χ0v) is 56.6. The third kappa shape index (κ3) is 85.1. The molecule has 2 atom stereocenters. The molecule has 0 aliphatic rings. The highest BCUT2D eigenvalue weighted by Crippen LogP contribution is 2.38. The lowest BCUT2D eigenvalue weighted by Crippen LogP contribution is -2.31. The molecule has 0 aromatic rings. The van der Waals surface area contributed by atoms with Crippen molar-refractivity contribution in [3.05, 3.63) is 12.5 Å². The van der Waals surface area contributed by atoms with Crippen LogP contribution in [-0.4, -0.2) is 63.7 Å². The second-order valence-corrected chi connectivity index (χ2v) is 20.3. The van der Waals surface area contributed by atoms with Gasteiger partial charge in [0.15, 0.2) is 6.10 Å². The summed E-state index contributed by atoms with van der Waals surface area (Å²) in [5.74, 6) is -1.09. The van der Waals surface area contributed by atoms with E-state index >= 15 is 0 Å². The summed E-state index contributed by atoms with van der Waals surface area (Å²) in [5.41, 5.74) is 4.88. The molecule has 0 aliphatic heterocycles. The van der Waals surface area contributed by atoms with Crippen molar-refractivity contribution in [3.8, 4) is 0 Å². The molecule has 0 aliphatic carbocycles. The van der Waals surface area contributed by atoms with Gasteiger partial charge in [-0.3, -0.25) is 14.2 Å². The van der Waals surface area contributed by atoms with Crippen LogP contribution in [-0.2, 0) is 259 Å². The molecule has 0 rings (SSSR count). The van der Waals surface area contributed by atoms with Crippen molar-refractivity contribution in [3.63, 3.8) is 0 Å². The Labute approximate surface area is 582 Å². The lowest BCUT2D eigenvalue weighted by atomic mass is 10.0. The molecule has 1 unspecified atom stereocenters. The first-order chi connectivity index (χ1) is 50.7. The number of ether oxygens (including phenoxy) is 3. The Morgan fingerprint density at radius 1 is 0.340 bits per heavy atom. The van der Waals surface area contributed by atoms with Crippen molar-refractivity contribution < 1.29 is 268 Å². The summed E-state index contributed by atoms with van der Waals surface area (Å²) < 4.78 is 38.0. The highest BCUT2D eigenvalue weighted by molar-refractivity contribution is 7.45. The number of phosphoric ester groups is 1. The average molecular weight is 1560 g/mol. The van der Waals surface area contributed by atoms with Crippen molar-refractivity contribution in [2.45, 2.75) is 225 Å². The van der Waals surface area contributed by atoms with Crippen LogP contribution in [0.25, 0.3) is 0 Å². The Bertz CT molecular complexity index is 1820. The number of phosphoric acid groups is 1. The molecule has 3 N–H and O–H groups in total. The van der Waals surface area contributed by atoms with Crippen LogP contribution in [0.4, 0.5) is 4.79 Å². The van der Waals surface area contributed by atoms with Gasteiger partial charge in [0.2, 0.25) is 0 Å². The zero-order valence-electron chi connectivity index (χ0n) is 55.7. The van der Waals surface area contributed by atoms with Crippen molar-refractivity contribution in [1.29, 1.82) is 0 Å².